The molecule has 0 aliphatic carbocycles. The molecule has 0 aromatic heterocycles. The topological polar surface area (TPSA) is 41.1 Å². The van der Waals surface area contributed by atoms with E-state index in [1.54, 1.807) is 0 Å². The van der Waals surface area contributed by atoms with E-state index in [9.17, 15) is 4.79 Å². The Bertz CT molecular complexity index is 640. The van der Waals surface area contributed by atoms with Gasteiger partial charge in [0.2, 0.25) is 0 Å². The van der Waals surface area contributed by atoms with Gasteiger partial charge in [-0.3, -0.25) is 4.79 Å². The number of rotatable bonds is 5. The number of anilines is 1. The van der Waals surface area contributed by atoms with Crippen molar-refractivity contribution in [3.63, 3.8) is 0 Å². The van der Waals surface area contributed by atoms with Crippen LogP contribution in [0.2, 0.25) is 0 Å². The predicted molar refractivity (Wildman–Crippen MR) is 90.7 cm³/mol. The van der Waals surface area contributed by atoms with E-state index in [1.807, 2.05) is 49.4 Å². The highest BCUT2D eigenvalue weighted by Gasteiger charge is 2.11. The molecule has 0 spiro atoms. The largest absolute Gasteiger partial charge is 0.322 e. The second-order valence-corrected chi connectivity index (χ2v) is 5.70. The second kappa shape index (κ2) is 7.38. The lowest BCUT2D eigenvalue weighted by Crippen LogP contribution is -2.15. The van der Waals surface area contributed by atoms with Crippen molar-refractivity contribution in [3.8, 4) is 0 Å². The number of hydrogen-bond donors (Lipinski definition) is 2. The Balaban J connectivity index is 2.14. The van der Waals surface area contributed by atoms with Gasteiger partial charge in [-0.25, -0.2) is 0 Å². The van der Waals surface area contributed by atoms with Crippen LogP contribution >= 0.6 is 15.9 Å². The lowest BCUT2D eigenvalue weighted by Gasteiger charge is -2.10. The molecular formula is C17H19BrN2O. The monoisotopic (exact) mass is 346 g/mol. The van der Waals surface area contributed by atoms with Crippen LogP contribution in [0.3, 0.4) is 0 Å². The maximum atomic E-state index is 12.4. The molecule has 0 aliphatic rings. The molecule has 2 rings (SSSR count). The van der Waals surface area contributed by atoms with Crippen LogP contribution in [0.25, 0.3) is 0 Å². The fraction of sp³-hybridized carbons (Fsp3) is 0.235. The standard InChI is InChI=1S/C17H19BrN2O/c1-3-19-11-13-6-4-7-14(10-13)20-17(21)15-8-5-9-16(18)12(15)2/h4-10,19H,3,11H2,1-2H3,(H,20,21). The van der Waals surface area contributed by atoms with Gasteiger partial charge in [0.15, 0.2) is 0 Å². The Morgan fingerprint density at radius 1 is 1.19 bits per heavy atom. The van der Waals surface area contributed by atoms with E-state index in [2.05, 4.69) is 33.5 Å². The van der Waals surface area contributed by atoms with Gasteiger partial charge in [0.05, 0.1) is 0 Å². The van der Waals surface area contributed by atoms with Crippen molar-refractivity contribution >= 4 is 27.5 Å². The number of halogens is 1. The molecule has 0 atom stereocenters. The Hall–Kier alpha value is -1.65. The number of carbonyl (C=O) groups excluding carboxylic acids is 1. The van der Waals surface area contributed by atoms with Crippen molar-refractivity contribution in [2.45, 2.75) is 20.4 Å². The number of carbonyl (C=O) groups is 1. The van der Waals surface area contributed by atoms with E-state index in [1.165, 1.54) is 0 Å². The highest BCUT2D eigenvalue weighted by Crippen LogP contribution is 2.20. The molecule has 0 aliphatic heterocycles. The summed E-state index contributed by atoms with van der Waals surface area (Å²) in [5, 5.41) is 6.23. The van der Waals surface area contributed by atoms with Crippen molar-refractivity contribution in [2.24, 2.45) is 0 Å². The van der Waals surface area contributed by atoms with E-state index in [0.29, 0.717) is 5.56 Å². The van der Waals surface area contributed by atoms with Crippen LogP contribution in [0.1, 0.15) is 28.4 Å². The normalized spacial score (nSPS) is 10.4. The van der Waals surface area contributed by atoms with Crippen LogP contribution in [0.5, 0.6) is 0 Å². The van der Waals surface area contributed by atoms with Crippen LogP contribution in [0, 0.1) is 6.92 Å². The van der Waals surface area contributed by atoms with E-state index >= 15 is 0 Å². The van der Waals surface area contributed by atoms with Crippen molar-refractivity contribution < 1.29 is 4.79 Å². The Morgan fingerprint density at radius 2 is 1.95 bits per heavy atom. The first-order valence-corrected chi connectivity index (χ1v) is 7.77. The van der Waals surface area contributed by atoms with Gasteiger partial charge in [0, 0.05) is 22.3 Å². The lowest BCUT2D eigenvalue weighted by molar-refractivity contribution is 0.102. The third-order valence-corrected chi connectivity index (χ3v) is 4.14. The van der Waals surface area contributed by atoms with Gasteiger partial charge in [-0.05, 0) is 48.9 Å². The van der Waals surface area contributed by atoms with Gasteiger partial charge in [-0.2, -0.15) is 0 Å². The summed E-state index contributed by atoms with van der Waals surface area (Å²) < 4.78 is 0.941. The Kier molecular flexibility index (Phi) is 5.53. The molecule has 21 heavy (non-hydrogen) atoms. The third-order valence-electron chi connectivity index (χ3n) is 3.28. The van der Waals surface area contributed by atoms with Crippen LogP contribution < -0.4 is 10.6 Å². The van der Waals surface area contributed by atoms with E-state index in [4.69, 9.17) is 0 Å². The minimum absolute atomic E-state index is 0.0885. The molecule has 3 nitrogen and oxygen atoms in total. The summed E-state index contributed by atoms with van der Waals surface area (Å²) in [7, 11) is 0. The van der Waals surface area contributed by atoms with Gasteiger partial charge in [0.25, 0.3) is 5.91 Å². The molecule has 0 saturated heterocycles. The van der Waals surface area contributed by atoms with Gasteiger partial charge in [0.1, 0.15) is 0 Å². The molecule has 110 valence electrons. The molecule has 0 unspecified atom stereocenters. The smallest absolute Gasteiger partial charge is 0.255 e. The molecule has 0 radical (unpaired) electrons. The van der Waals surface area contributed by atoms with Crippen molar-refractivity contribution in [1.29, 1.82) is 0 Å². The molecule has 0 heterocycles. The molecule has 2 N–H and O–H groups in total. The Labute approximate surface area is 133 Å². The zero-order valence-corrected chi connectivity index (χ0v) is 13.8. The van der Waals surface area contributed by atoms with Gasteiger partial charge in [-0.1, -0.05) is 41.1 Å². The first kappa shape index (κ1) is 15.7. The maximum Gasteiger partial charge on any atom is 0.255 e. The molecule has 0 fully saturated rings. The highest BCUT2D eigenvalue weighted by atomic mass is 79.9. The first-order valence-electron chi connectivity index (χ1n) is 6.98. The first-order chi connectivity index (χ1) is 10.1. The summed E-state index contributed by atoms with van der Waals surface area (Å²) in [6.45, 7) is 5.73. The molecule has 4 heteroatoms. The number of hydrogen-bond acceptors (Lipinski definition) is 2. The average molecular weight is 347 g/mol. The number of benzene rings is 2. The van der Waals surface area contributed by atoms with Gasteiger partial charge >= 0.3 is 0 Å². The molecular weight excluding hydrogens is 328 g/mol. The van der Waals surface area contributed by atoms with E-state index < -0.39 is 0 Å². The summed E-state index contributed by atoms with van der Waals surface area (Å²) in [6.07, 6.45) is 0. The minimum atomic E-state index is -0.0885. The molecule has 2 aromatic rings. The SMILES string of the molecule is CCNCc1cccc(NC(=O)c2cccc(Br)c2C)c1. The zero-order valence-electron chi connectivity index (χ0n) is 12.2. The molecule has 0 bridgehead atoms. The average Bonchev–Trinajstić information content (AvgIpc) is 2.48. The number of amides is 1. The van der Waals surface area contributed by atoms with Gasteiger partial charge in [-0.15, -0.1) is 0 Å². The van der Waals surface area contributed by atoms with E-state index in [-0.39, 0.29) is 5.91 Å². The molecule has 1 amide bonds. The summed E-state index contributed by atoms with van der Waals surface area (Å²) >= 11 is 3.45. The molecule has 2 aromatic carbocycles. The van der Waals surface area contributed by atoms with E-state index in [0.717, 1.165) is 34.4 Å². The fourth-order valence-corrected chi connectivity index (χ4v) is 2.45. The van der Waals surface area contributed by atoms with Crippen LogP contribution in [0.4, 0.5) is 5.69 Å². The highest BCUT2D eigenvalue weighted by molar-refractivity contribution is 9.10. The summed E-state index contributed by atoms with van der Waals surface area (Å²) in [5.74, 6) is -0.0885. The third kappa shape index (κ3) is 4.16. The maximum absolute atomic E-state index is 12.4. The number of nitrogens with one attached hydrogen (secondary N) is 2. The van der Waals surface area contributed by atoms with Crippen molar-refractivity contribution in [2.75, 3.05) is 11.9 Å². The zero-order chi connectivity index (χ0) is 15.2. The summed E-state index contributed by atoms with van der Waals surface area (Å²) in [4.78, 5) is 12.4. The predicted octanol–water partition coefficient (Wildman–Crippen LogP) is 4.12. The van der Waals surface area contributed by atoms with Crippen LogP contribution in [-0.2, 0) is 6.54 Å². The van der Waals surface area contributed by atoms with Crippen molar-refractivity contribution in [3.05, 3.63) is 63.6 Å². The minimum Gasteiger partial charge on any atom is -0.322 e. The fourth-order valence-electron chi connectivity index (χ4n) is 2.08. The second-order valence-electron chi connectivity index (χ2n) is 4.85. The Morgan fingerprint density at radius 3 is 2.71 bits per heavy atom. The quantitative estimate of drug-likeness (QED) is 0.854. The van der Waals surface area contributed by atoms with Crippen LogP contribution in [0.15, 0.2) is 46.9 Å². The summed E-state index contributed by atoms with van der Waals surface area (Å²) in [5.41, 5.74) is 3.59. The lowest BCUT2D eigenvalue weighted by atomic mass is 10.1. The molecule has 0 saturated carbocycles. The van der Waals surface area contributed by atoms with Crippen molar-refractivity contribution in [1.82, 2.24) is 5.32 Å². The summed E-state index contributed by atoms with van der Waals surface area (Å²) in [6, 6.07) is 13.5. The van der Waals surface area contributed by atoms with Crippen LogP contribution in [-0.4, -0.2) is 12.5 Å². The van der Waals surface area contributed by atoms with Gasteiger partial charge < -0.3 is 10.6 Å².